The molecule has 47 heavy (non-hydrogen) atoms. The third-order valence-electron chi connectivity index (χ3n) is 8.06. The summed E-state index contributed by atoms with van der Waals surface area (Å²) in [5.41, 5.74) is 10.7. The zero-order chi connectivity index (χ0) is 32.5. The fraction of sp³-hybridized carbons (Fsp3) is 0.105. The van der Waals surface area contributed by atoms with Crippen LogP contribution >= 0.6 is 0 Å². The van der Waals surface area contributed by atoms with Crippen LogP contribution in [-0.2, 0) is 6.61 Å². The van der Waals surface area contributed by atoms with Crippen LogP contribution in [0.1, 0.15) is 36.8 Å². The van der Waals surface area contributed by atoms with E-state index in [2.05, 4.69) is 16.0 Å². The summed E-state index contributed by atoms with van der Waals surface area (Å²) in [4.78, 5) is 22.1. The molecule has 232 valence electrons. The van der Waals surface area contributed by atoms with Crippen molar-refractivity contribution in [2.24, 2.45) is 0 Å². The quantitative estimate of drug-likeness (QED) is 0.182. The third kappa shape index (κ3) is 5.63. The summed E-state index contributed by atoms with van der Waals surface area (Å²) in [6, 6.07) is 28.8. The molecule has 0 aliphatic carbocycles. The summed E-state index contributed by atoms with van der Waals surface area (Å²) in [6.07, 6.45) is 5.33. The predicted octanol–water partition coefficient (Wildman–Crippen LogP) is 8.21. The van der Waals surface area contributed by atoms with Crippen LogP contribution in [-0.4, -0.2) is 19.7 Å². The van der Waals surface area contributed by atoms with Crippen molar-refractivity contribution in [1.29, 1.82) is 0 Å². The molecule has 2 N–H and O–H groups in total. The highest BCUT2D eigenvalue weighted by Crippen LogP contribution is 2.39. The fourth-order valence-electron chi connectivity index (χ4n) is 5.90. The molecule has 0 aliphatic heterocycles. The number of anilines is 1. The molecule has 1 atom stereocenters. The van der Waals surface area contributed by atoms with Gasteiger partial charge in [0.25, 0.3) is 0 Å². The monoisotopic (exact) mass is 623 g/mol. The van der Waals surface area contributed by atoms with Crippen LogP contribution in [0, 0.1) is 5.82 Å². The van der Waals surface area contributed by atoms with Gasteiger partial charge in [0.2, 0.25) is 0 Å². The van der Waals surface area contributed by atoms with Crippen molar-refractivity contribution < 1.29 is 13.5 Å². The van der Waals surface area contributed by atoms with Gasteiger partial charge in [-0.3, -0.25) is 0 Å². The van der Waals surface area contributed by atoms with Gasteiger partial charge in [-0.05, 0) is 54.8 Å². The number of ether oxygens (including phenoxy) is 1. The first-order valence-electron chi connectivity index (χ1n) is 15.2. The number of allylic oxidation sites excluding steroid dienone is 1. The van der Waals surface area contributed by atoms with E-state index in [1.165, 1.54) is 18.5 Å². The molecule has 0 aliphatic rings. The first-order chi connectivity index (χ1) is 22.9. The average molecular weight is 624 g/mol. The van der Waals surface area contributed by atoms with E-state index in [1.807, 2.05) is 92.7 Å². The van der Waals surface area contributed by atoms with Gasteiger partial charge in [-0.2, -0.15) is 5.10 Å². The average Bonchev–Trinajstić information content (AvgIpc) is 3.49. The highest BCUT2D eigenvalue weighted by Gasteiger charge is 2.27. The zero-order valence-corrected chi connectivity index (χ0v) is 25.7. The molecule has 3 aromatic heterocycles. The maximum Gasteiger partial charge on any atom is 0.343 e. The number of halogens is 1. The van der Waals surface area contributed by atoms with Crippen LogP contribution in [0.3, 0.4) is 0 Å². The molecule has 0 bridgehead atoms. The number of fused-ring (bicyclic) bond motifs is 2. The first kappa shape index (κ1) is 29.6. The lowest BCUT2D eigenvalue weighted by molar-refractivity contribution is 0.305. The van der Waals surface area contributed by atoms with Gasteiger partial charge in [0.15, 0.2) is 5.65 Å². The lowest BCUT2D eigenvalue weighted by atomic mass is 9.94. The molecule has 0 fully saturated rings. The normalized spacial score (nSPS) is 12.2. The van der Waals surface area contributed by atoms with Crippen LogP contribution in [0.2, 0.25) is 0 Å². The molecule has 7 aromatic rings. The van der Waals surface area contributed by atoms with E-state index in [0.29, 0.717) is 39.2 Å². The Morgan fingerprint density at radius 2 is 1.72 bits per heavy atom. The number of hydrogen-bond acceptors (Lipinski definition) is 7. The van der Waals surface area contributed by atoms with E-state index in [9.17, 15) is 4.79 Å². The van der Waals surface area contributed by atoms with Crippen molar-refractivity contribution in [3.8, 4) is 28.1 Å². The van der Waals surface area contributed by atoms with Gasteiger partial charge >= 0.3 is 5.63 Å². The first-order valence-corrected chi connectivity index (χ1v) is 15.2. The van der Waals surface area contributed by atoms with Crippen LogP contribution in [0.25, 0.3) is 50.3 Å². The minimum atomic E-state index is -0.638. The maximum absolute atomic E-state index is 15.1. The molecule has 0 radical (unpaired) electrons. The van der Waals surface area contributed by atoms with Gasteiger partial charge in [-0.25, -0.2) is 23.8 Å². The molecule has 0 saturated carbocycles. The van der Waals surface area contributed by atoms with Gasteiger partial charge in [0.1, 0.15) is 47.8 Å². The van der Waals surface area contributed by atoms with Gasteiger partial charge < -0.3 is 14.9 Å². The number of aromatic nitrogens is 4. The number of nitrogens with zero attached hydrogens (tertiary/aromatic N) is 4. The van der Waals surface area contributed by atoms with E-state index < -0.39 is 17.5 Å². The summed E-state index contributed by atoms with van der Waals surface area (Å²) in [5, 5.41) is 6.59. The lowest BCUT2D eigenvalue weighted by Gasteiger charge is -2.18. The van der Waals surface area contributed by atoms with Gasteiger partial charge in [0, 0.05) is 22.6 Å². The predicted molar refractivity (Wildman–Crippen MR) is 182 cm³/mol. The molecule has 1 unspecified atom stereocenters. The Hall–Kier alpha value is -6.09. The van der Waals surface area contributed by atoms with Crippen molar-refractivity contribution in [2.45, 2.75) is 26.5 Å². The topological polar surface area (TPSA) is 109 Å². The van der Waals surface area contributed by atoms with Gasteiger partial charge in [0.05, 0.1) is 10.8 Å². The minimum absolute atomic E-state index is 0.179. The summed E-state index contributed by atoms with van der Waals surface area (Å²) in [6.45, 7) is 4.10. The molecule has 0 spiro atoms. The second-order valence-electron chi connectivity index (χ2n) is 11.2. The van der Waals surface area contributed by atoms with E-state index in [1.54, 1.807) is 16.8 Å². The Bertz CT molecular complexity index is 2350. The second-order valence-corrected chi connectivity index (χ2v) is 11.2. The van der Waals surface area contributed by atoms with E-state index in [-0.39, 0.29) is 12.4 Å². The molecule has 8 nitrogen and oxygen atoms in total. The number of rotatable bonds is 8. The molecular formula is C38H30FN5O3. The summed E-state index contributed by atoms with van der Waals surface area (Å²) in [7, 11) is 0. The SMILES string of the molecule is C/C=C/c1cccc(-c2c(C(C)n3nc(-c4cc(F)cc(OCc5ccccc5)c4)c4c(N)ncnc43)oc(=O)c3ccccc23)c1. The molecule has 0 amide bonds. The Morgan fingerprint density at radius 1 is 0.936 bits per heavy atom. The Labute approximate surface area is 269 Å². The lowest BCUT2D eigenvalue weighted by Crippen LogP contribution is -2.14. The summed E-state index contributed by atoms with van der Waals surface area (Å²) in [5.74, 6) is 0.406. The minimum Gasteiger partial charge on any atom is -0.489 e. The van der Waals surface area contributed by atoms with E-state index in [0.717, 1.165) is 27.6 Å². The second kappa shape index (κ2) is 12.4. The number of nitrogens with two attached hydrogens (primary N) is 1. The van der Waals surface area contributed by atoms with Crippen molar-refractivity contribution in [1.82, 2.24) is 19.7 Å². The van der Waals surface area contributed by atoms with Crippen LogP contribution in [0.15, 0.2) is 119 Å². The van der Waals surface area contributed by atoms with E-state index >= 15 is 4.39 Å². The van der Waals surface area contributed by atoms with Crippen molar-refractivity contribution in [3.05, 3.63) is 143 Å². The largest absolute Gasteiger partial charge is 0.489 e. The Balaban J connectivity index is 1.40. The molecule has 0 saturated heterocycles. The van der Waals surface area contributed by atoms with Crippen LogP contribution in [0.4, 0.5) is 10.2 Å². The van der Waals surface area contributed by atoms with Crippen LogP contribution in [0.5, 0.6) is 5.75 Å². The third-order valence-corrected chi connectivity index (χ3v) is 8.06. The van der Waals surface area contributed by atoms with Crippen molar-refractivity contribution >= 4 is 33.7 Å². The zero-order valence-electron chi connectivity index (χ0n) is 25.7. The summed E-state index contributed by atoms with van der Waals surface area (Å²) >= 11 is 0. The molecule has 7 rings (SSSR count). The standard InChI is InChI=1S/C38H30FN5O3/c1-3-10-24-13-9-14-26(17-24)32-30-15-7-8-16-31(30)38(45)47-35(32)23(2)44-37-33(36(40)41-22-42-37)34(43-44)27-18-28(39)20-29(19-27)46-21-25-11-5-4-6-12-25/h3-20,22-23H,21H2,1-2H3,(H2,40,41,42)/b10-3+. The Morgan fingerprint density at radius 3 is 2.53 bits per heavy atom. The smallest absolute Gasteiger partial charge is 0.343 e. The van der Waals surface area contributed by atoms with Crippen molar-refractivity contribution in [2.75, 3.05) is 5.73 Å². The fourth-order valence-corrected chi connectivity index (χ4v) is 5.90. The number of hydrogen-bond donors (Lipinski definition) is 1. The highest BCUT2D eigenvalue weighted by molar-refractivity contribution is 5.99. The molecule has 4 aromatic carbocycles. The molecule has 9 heteroatoms. The number of benzene rings is 4. The summed E-state index contributed by atoms with van der Waals surface area (Å²) < 4.78 is 28.8. The van der Waals surface area contributed by atoms with Crippen LogP contribution < -0.4 is 16.1 Å². The van der Waals surface area contributed by atoms with Gasteiger partial charge in [-0.1, -0.05) is 78.9 Å². The van der Waals surface area contributed by atoms with Gasteiger partial charge in [-0.15, -0.1) is 0 Å². The Kier molecular flexibility index (Phi) is 7.79. The van der Waals surface area contributed by atoms with E-state index in [4.69, 9.17) is 20.0 Å². The maximum atomic E-state index is 15.1. The number of nitrogen functional groups attached to an aromatic ring is 1. The highest BCUT2D eigenvalue weighted by atomic mass is 19.1. The molecular weight excluding hydrogens is 593 g/mol. The van der Waals surface area contributed by atoms with Crippen molar-refractivity contribution in [3.63, 3.8) is 0 Å². The molecule has 3 heterocycles.